The van der Waals surface area contributed by atoms with E-state index in [1.165, 1.54) is 11.1 Å². The Morgan fingerprint density at radius 1 is 0.800 bits per heavy atom. The first-order valence-electron chi connectivity index (χ1n) is 7.99. The van der Waals surface area contributed by atoms with Gasteiger partial charge in [0.2, 0.25) is 5.95 Å². The number of aromatic nitrogens is 2. The fraction of sp³-hybridized carbons (Fsp3) is 0.100. The predicted octanol–water partition coefficient (Wildman–Crippen LogP) is 5.74. The van der Waals surface area contributed by atoms with Gasteiger partial charge in [-0.1, -0.05) is 56.1 Å². The molecule has 1 aromatic heterocycles. The number of fused-ring (bicyclic) bond motifs is 1. The molecule has 0 bridgehead atoms. The van der Waals surface area contributed by atoms with Crippen molar-refractivity contribution in [2.45, 2.75) is 12.8 Å². The van der Waals surface area contributed by atoms with E-state index in [-0.39, 0.29) is 0 Å². The van der Waals surface area contributed by atoms with Crippen LogP contribution in [0.25, 0.3) is 22.9 Å². The van der Waals surface area contributed by atoms with E-state index in [4.69, 9.17) is 5.73 Å². The number of nitrogens with two attached hydrogens (primary N) is 1. The van der Waals surface area contributed by atoms with Crippen molar-refractivity contribution in [3.05, 3.63) is 74.3 Å². The average Bonchev–Trinajstić information content (AvgIpc) is 3.00. The Balaban J connectivity index is 1.80. The number of allylic oxidation sites excluding steroid dienone is 1. The van der Waals surface area contributed by atoms with Crippen LogP contribution in [0.3, 0.4) is 0 Å². The van der Waals surface area contributed by atoms with Crippen molar-refractivity contribution in [1.29, 1.82) is 0 Å². The summed E-state index contributed by atoms with van der Waals surface area (Å²) in [6.45, 7) is 0. The van der Waals surface area contributed by atoms with E-state index >= 15 is 0 Å². The van der Waals surface area contributed by atoms with Gasteiger partial charge < -0.3 is 5.73 Å². The Bertz CT molecular complexity index is 961. The van der Waals surface area contributed by atoms with Crippen LogP contribution < -0.4 is 5.73 Å². The summed E-state index contributed by atoms with van der Waals surface area (Å²) in [6, 6.07) is 16.4. The highest BCUT2D eigenvalue weighted by Gasteiger charge is 2.23. The third kappa shape index (κ3) is 3.39. The molecule has 4 rings (SSSR count). The summed E-state index contributed by atoms with van der Waals surface area (Å²) < 4.78 is 2.12. The largest absolute Gasteiger partial charge is 0.368 e. The van der Waals surface area contributed by atoms with E-state index in [1.807, 2.05) is 24.3 Å². The smallest absolute Gasteiger partial charge is 0.221 e. The van der Waals surface area contributed by atoms with Crippen LogP contribution in [-0.2, 0) is 6.42 Å². The van der Waals surface area contributed by atoms with Crippen LogP contribution >= 0.6 is 31.9 Å². The molecule has 5 heteroatoms. The second-order valence-electron chi connectivity index (χ2n) is 5.99. The van der Waals surface area contributed by atoms with Gasteiger partial charge in [-0.25, -0.2) is 9.97 Å². The highest BCUT2D eigenvalue weighted by Crippen LogP contribution is 2.38. The molecule has 3 aromatic rings. The predicted molar refractivity (Wildman–Crippen MR) is 110 cm³/mol. The zero-order valence-electron chi connectivity index (χ0n) is 13.3. The highest BCUT2D eigenvalue weighted by molar-refractivity contribution is 9.10. The van der Waals surface area contributed by atoms with Gasteiger partial charge in [0.1, 0.15) is 0 Å². The van der Waals surface area contributed by atoms with E-state index in [1.54, 1.807) is 0 Å². The quantitative estimate of drug-likeness (QED) is 0.535. The molecule has 1 aliphatic rings. The van der Waals surface area contributed by atoms with E-state index < -0.39 is 0 Å². The van der Waals surface area contributed by atoms with Gasteiger partial charge in [-0.3, -0.25) is 0 Å². The zero-order valence-corrected chi connectivity index (χ0v) is 16.5. The molecule has 0 radical (unpaired) electrons. The molecule has 0 saturated carbocycles. The third-order valence-electron chi connectivity index (χ3n) is 4.30. The number of anilines is 1. The Morgan fingerprint density at radius 3 is 2.08 bits per heavy atom. The minimum Gasteiger partial charge on any atom is -0.368 e. The maximum Gasteiger partial charge on any atom is 0.221 e. The van der Waals surface area contributed by atoms with Gasteiger partial charge in [-0.2, -0.15) is 0 Å². The maximum absolute atomic E-state index is 6.01. The molecule has 0 unspecified atom stereocenters. The van der Waals surface area contributed by atoms with Gasteiger partial charge in [-0.05, 0) is 54.3 Å². The molecule has 2 aromatic carbocycles. The first-order chi connectivity index (χ1) is 12.1. The van der Waals surface area contributed by atoms with Gasteiger partial charge in [0.05, 0.1) is 11.4 Å². The maximum atomic E-state index is 6.01. The van der Waals surface area contributed by atoms with Crippen LogP contribution in [-0.4, -0.2) is 9.97 Å². The summed E-state index contributed by atoms with van der Waals surface area (Å²) in [5.41, 5.74) is 12.6. The number of hydrogen-bond acceptors (Lipinski definition) is 3. The number of nitrogens with zero attached hydrogens (tertiary/aromatic N) is 2. The number of hydrogen-bond donors (Lipinski definition) is 1. The molecular formula is C20H15Br2N3. The molecule has 0 saturated heterocycles. The molecule has 1 aliphatic carbocycles. The normalized spacial score (nSPS) is 14.7. The van der Waals surface area contributed by atoms with Crippen molar-refractivity contribution in [1.82, 2.24) is 9.97 Å². The molecule has 3 nitrogen and oxygen atoms in total. The number of halogens is 2. The van der Waals surface area contributed by atoms with Crippen LogP contribution in [0.5, 0.6) is 0 Å². The summed E-state index contributed by atoms with van der Waals surface area (Å²) in [5, 5.41) is 0. The summed E-state index contributed by atoms with van der Waals surface area (Å²) in [4.78, 5) is 9.05. The first-order valence-corrected chi connectivity index (χ1v) is 9.57. The number of nitrogen functional groups attached to an aromatic ring is 1. The van der Waals surface area contributed by atoms with E-state index in [2.05, 4.69) is 72.2 Å². The van der Waals surface area contributed by atoms with Crippen LogP contribution in [0.15, 0.2) is 57.5 Å². The summed E-state index contributed by atoms with van der Waals surface area (Å²) in [5.74, 6) is 0.320. The van der Waals surface area contributed by atoms with Gasteiger partial charge >= 0.3 is 0 Å². The highest BCUT2D eigenvalue weighted by atomic mass is 79.9. The SMILES string of the molecule is Nc1nc2c(c(-c3ccc(Br)cc3)n1)CC/C2=C\c1ccc(Br)cc1. The summed E-state index contributed by atoms with van der Waals surface area (Å²) in [6.07, 6.45) is 4.08. The Hall–Kier alpha value is -1.98. The minimum absolute atomic E-state index is 0.320. The first kappa shape index (κ1) is 16.5. The van der Waals surface area contributed by atoms with Crippen LogP contribution in [0, 0.1) is 0 Å². The summed E-state index contributed by atoms with van der Waals surface area (Å²) in [7, 11) is 0. The van der Waals surface area contributed by atoms with Crippen molar-refractivity contribution in [2.24, 2.45) is 0 Å². The van der Waals surface area contributed by atoms with E-state index in [0.717, 1.165) is 44.3 Å². The van der Waals surface area contributed by atoms with Crippen molar-refractivity contribution >= 4 is 49.5 Å². The van der Waals surface area contributed by atoms with Crippen molar-refractivity contribution in [3.8, 4) is 11.3 Å². The zero-order chi connectivity index (χ0) is 17.4. The lowest BCUT2D eigenvalue weighted by molar-refractivity contribution is 1.06. The monoisotopic (exact) mass is 455 g/mol. The average molecular weight is 457 g/mol. The fourth-order valence-corrected chi connectivity index (χ4v) is 3.66. The van der Waals surface area contributed by atoms with Crippen LogP contribution in [0.4, 0.5) is 5.95 Å². The fourth-order valence-electron chi connectivity index (χ4n) is 3.13. The number of benzene rings is 2. The Kier molecular flexibility index (Phi) is 4.44. The second kappa shape index (κ2) is 6.73. The molecule has 0 atom stereocenters. The van der Waals surface area contributed by atoms with Crippen LogP contribution in [0.2, 0.25) is 0 Å². The molecule has 0 spiro atoms. The van der Waals surface area contributed by atoms with Crippen molar-refractivity contribution in [2.75, 3.05) is 5.73 Å². The Morgan fingerprint density at radius 2 is 1.40 bits per heavy atom. The molecule has 0 fully saturated rings. The molecule has 124 valence electrons. The van der Waals surface area contributed by atoms with Gasteiger partial charge in [0.25, 0.3) is 0 Å². The second-order valence-corrected chi connectivity index (χ2v) is 7.82. The lowest BCUT2D eigenvalue weighted by Crippen LogP contribution is -2.02. The molecule has 0 amide bonds. The van der Waals surface area contributed by atoms with Gasteiger partial charge in [-0.15, -0.1) is 0 Å². The lowest BCUT2D eigenvalue weighted by atomic mass is 10.0. The molecular weight excluding hydrogens is 442 g/mol. The van der Waals surface area contributed by atoms with Gasteiger partial charge in [0, 0.05) is 20.1 Å². The van der Waals surface area contributed by atoms with E-state index in [0.29, 0.717) is 5.95 Å². The Labute approximate surface area is 163 Å². The molecule has 2 N–H and O–H groups in total. The van der Waals surface area contributed by atoms with Crippen LogP contribution in [0.1, 0.15) is 23.2 Å². The molecule has 0 aliphatic heterocycles. The van der Waals surface area contributed by atoms with Crippen molar-refractivity contribution < 1.29 is 0 Å². The van der Waals surface area contributed by atoms with E-state index in [9.17, 15) is 0 Å². The molecule has 1 heterocycles. The minimum atomic E-state index is 0.320. The van der Waals surface area contributed by atoms with Crippen molar-refractivity contribution in [3.63, 3.8) is 0 Å². The number of rotatable bonds is 2. The summed E-state index contributed by atoms with van der Waals surface area (Å²) >= 11 is 6.95. The molecule has 25 heavy (non-hydrogen) atoms. The topological polar surface area (TPSA) is 51.8 Å². The van der Waals surface area contributed by atoms with Gasteiger partial charge in [0.15, 0.2) is 0 Å². The lowest BCUT2D eigenvalue weighted by Gasteiger charge is -2.09. The standard InChI is InChI=1S/C20H15Br2N3/c21-15-6-1-12(2-7-15)11-14-5-10-17-18(24-20(23)25-19(14)17)13-3-8-16(22)9-4-13/h1-4,6-9,11H,5,10H2,(H2,23,24,25)/b14-11+. The third-order valence-corrected chi connectivity index (χ3v) is 5.36.